The third kappa shape index (κ3) is 5.53. The molecule has 3 rings (SSSR count). The number of amides is 1. The lowest BCUT2D eigenvalue weighted by molar-refractivity contribution is -0.209. The molecule has 8 N–H and O–H groups in total. The second-order valence-electron chi connectivity index (χ2n) is 7.25. The van der Waals surface area contributed by atoms with Crippen molar-refractivity contribution < 1.29 is 69.8 Å². The van der Waals surface area contributed by atoms with Gasteiger partial charge in [-0.1, -0.05) is 0 Å². The number of nitrogens with two attached hydrogens (primary N) is 1. The number of phosphoric ester groups is 1. The van der Waals surface area contributed by atoms with Crippen LogP contribution in [0.3, 0.4) is 0 Å². The summed E-state index contributed by atoms with van der Waals surface area (Å²) in [6.07, 6.45) is -5.16. The molecule has 3 aliphatic rings. The largest absolute Gasteiger partial charge is 0.490 e. The van der Waals surface area contributed by atoms with Crippen LogP contribution in [-0.2, 0) is 36.4 Å². The van der Waals surface area contributed by atoms with Crippen molar-refractivity contribution in [2.24, 2.45) is 15.7 Å². The van der Waals surface area contributed by atoms with Gasteiger partial charge >= 0.3 is 23.5 Å². The van der Waals surface area contributed by atoms with Crippen LogP contribution in [-0.4, -0.2) is 90.5 Å². The Morgan fingerprint density at radius 1 is 1.24 bits per heavy atom. The molecular formula is C11H18F2N5O13P3. The van der Waals surface area contributed by atoms with E-state index in [1.807, 2.05) is 0 Å². The molecule has 0 aromatic carbocycles. The minimum absolute atomic E-state index is 0.361. The van der Waals surface area contributed by atoms with Crippen LogP contribution in [0.5, 0.6) is 0 Å². The highest BCUT2D eigenvalue weighted by Gasteiger charge is 2.67. The number of guanidine groups is 1. The van der Waals surface area contributed by atoms with E-state index in [0.29, 0.717) is 6.92 Å². The molecule has 1 amide bonds. The van der Waals surface area contributed by atoms with Gasteiger partial charge in [-0.25, -0.2) is 27.5 Å². The summed E-state index contributed by atoms with van der Waals surface area (Å²) in [5, 5.41) is 12.4. The number of aliphatic hydroxyl groups excluding tert-OH is 1. The van der Waals surface area contributed by atoms with E-state index in [1.165, 1.54) is 0 Å². The van der Waals surface area contributed by atoms with Gasteiger partial charge in [0.05, 0.1) is 6.34 Å². The van der Waals surface area contributed by atoms with E-state index in [9.17, 15) is 28.5 Å². The first-order chi connectivity index (χ1) is 15.3. The van der Waals surface area contributed by atoms with Crippen LogP contribution >= 0.6 is 23.5 Å². The Balaban J connectivity index is 1.75. The highest BCUT2D eigenvalue weighted by Crippen LogP contribution is 2.66. The summed E-state index contributed by atoms with van der Waals surface area (Å²) in [5.74, 6) is -4.67. The first-order valence-electron chi connectivity index (χ1n) is 8.73. The van der Waals surface area contributed by atoms with Crippen LogP contribution in [0.15, 0.2) is 9.98 Å². The molecule has 3 aliphatic heterocycles. The minimum Gasteiger partial charge on any atom is -0.384 e. The maximum atomic E-state index is 15.3. The number of hydrogen-bond donors (Lipinski definition) is 7. The molecule has 1 saturated heterocycles. The average Bonchev–Trinajstić information content (AvgIpc) is 3.11. The van der Waals surface area contributed by atoms with Crippen LogP contribution < -0.4 is 11.1 Å². The van der Waals surface area contributed by atoms with E-state index in [0.717, 1.165) is 11.2 Å². The predicted molar refractivity (Wildman–Crippen MR) is 102 cm³/mol. The summed E-state index contributed by atoms with van der Waals surface area (Å²) < 4.78 is 80.3. The molecule has 194 valence electrons. The van der Waals surface area contributed by atoms with Crippen molar-refractivity contribution in [1.82, 2.24) is 10.2 Å². The Morgan fingerprint density at radius 3 is 2.44 bits per heavy atom. The monoisotopic (exact) mass is 559 g/mol. The summed E-state index contributed by atoms with van der Waals surface area (Å²) in [4.78, 5) is 56.0. The van der Waals surface area contributed by atoms with Crippen molar-refractivity contribution in [3.8, 4) is 0 Å². The molecule has 0 bridgehead atoms. The van der Waals surface area contributed by atoms with Gasteiger partial charge in [0.2, 0.25) is 0 Å². The zero-order valence-electron chi connectivity index (χ0n) is 16.6. The van der Waals surface area contributed by atoms with E-state index in [2.05, 4.69) is 28.4 Å². The summed E-state index contributed by atoms with van der Waals surface area (Å²) in [6, 6.07) is -1.21. The van der Waals surface area contributed by atoms with Crippen LogP contribution in [0, 0.1) is 0 Å². The fourth-order valence-electron chi connectivity index (χ4n) is 3.23. The fourth-order valence-corrected chi connectivity index (χ4v) is 6.27. The third-order valence-corrected chi connectivity index (χ3v) is 8.37. The lowest BCUT2D eigenvalue weighted by atomic mass is 9.96. The number of carbonyl (C=O) groups excluding carboxylic acids is 1. The molecule has 23 heteroatoms. The van der Waals surface area contributed by atoms with Gasteiger partial charge in [0.25, 0.3) is 11.8 Å². The first kappa shape index (κ1) is 27.2. The van der Waals surface area contributed by atoms with Crippen molar-refractivity contribution in [3.05, 3.63) is 0 Å². The third-order valence-electron chi connectivity index (χ3n) is 4.58. The summed E-state index contributed by atoms with van der Waals surface area (Å²) in [5.41, 5.74) is 2.46. The fraction of sp³-hybridized carbons (Fsp3) is 0.727. The highest BCUT2D eigenvalue weighted by atomic mass is 31.3. The number of phosphoric acid groups is 3. The highest BCUT2D eigenvalue weighted by molar-refractivity contribution is 7.66. The maximum Gasteiger partial charge on any atom is 0.490 e. The van der Waals surface area contributed by atoms with E-state index in [-0.39, 0.29) is 5.96 Å². The van der Waals surface area contributed by atoms with Gasteiger partial charge in [-0.3, -0.25) is 19.6 Å². The van der Waals surface area contributed by atoms with Crippen molar-refractivity contribution in [3.63, 3.8) is 0 Å². The lowest BCUT2D eigenvalue weighted by Crippen LogP contribution is -2.58. The lowest BCUT2D eigenvalue weighted by Gasteiger charge is -2.35. The molecule has 34 heavy (non-hydrogen) atoms. The predicted octanol–water partition coefficient (Wildman–Crippen LogP) is -2.08. The van der Waals surface area contributed by atoms with Gasteiger partial charge in [0, 0.05) is 0 Å². The molecule has 18 nitrogen and oxygen atoms in total. The van der Waals surface area contributed by atoms with Crippen molar-refractivity contribution >= 4 is 41.7 Å². The number of rotatable bonds is 8. The van der Waals surface area contributed by atoms with Crippen LogP contribution in [0.2, 0.25) is 0 Å². The van der Waals surface area contributed by atoms with Crippen LogP contribution in [0.4, 0.5) is 8.78 Å². The topological polar surface area (TPSA) is 272 Å². The van der Waals surface area contributed by atoms with Crippen LogP contribution in [0.25, 0.3) is 0 Å². The number of aliphatic hydroxyl groups is 1. The molecule has 0 aliphatic carbocycles. The second kappa shape index (κ2) is 8.62. The van der Waals surface area contributed by atoms with Crippen molar-refractivity contribution in [2.45, 2.75) is 43.0 Å². The number of alkyl halides is 2. The zero-order chi connectivity index (χ0) is 25.9. The van der Waals surface area contributed by atoms with Gasteiger partial charge < -0.3 is 40.1 Å². The number of hydrogen-bond acceptors (Lipinski definition) is 13. The number of nitrogens with one attached hydrogen (secondary N) is 1. The van der Waals surface area contributed by atoms with Gasteiger partial charge in [-0.15, -0.1) is 0 Å². The molecule has 8 atom stereocenters. The zero-order valence-corrected chi connectivity index (χ0v) is 19.3. The summed E-state index contributed by atoms with van der Waals surface area (Å²) in [7, 11) is -17.4. The number of halogens is 2. The molecule has 3 heterocycles. The molecule has 0 aromatic heterocycles. The Labute approximate surface area is 187 Å². The quantitative estimate of drug-likeness (QED) is 0.157. The number of fused-ring (bicyclic) bond motifs is 1. The van der Waals surface area contributed by atoms with Crippen molar-refractivity contribution in [2.75, 3.05) is 6.61 Å². The molecule has 1 fully saturated rings. The molecule has 0 spiro atoms. The van der Waals surface area contributed by atoms with Crippen LogP contribution in [0.1, 0.15) is 6.92 Å². The normalized spacial score (nSPS) is 39.2. The average molecular weight is 559 g/mol. The molecular weight excluding hydrogens is 541 g/mol. The minimum atomic E-state index is -5.91. The molecule has 0 saturated carbocycles. The SMILES string of the molecule is C[C@]1(F)[C@H](N2C=NC3C(=O)NC(N)=NC32)O[C@](F)(COP(=O)(O)OP(=O)(O)OP(=O)(O)O)[C@H]1O. The maximum absolute atomic E-state index is 15.3. The van der Waals surface area contributed by atoms with E-state index < -0.39 is 72.0 Å². The Kier molecular flexibility index (Phi) is 6.89. The number of carbonyl (C=O) groups is 1. The number of nitrogens with zero attached hydrogens (tertiary/aromatic N) is 3. The van der Waals surface area contributed by atoms with Gasteiger partial charge in [-0.05, 0) is 6.92 Å². The van der Waals surface area contributed by atoms with Gasteiger partial charge in [-0.2, -0.15) is 8.62 Å². The Hall–Kier alpha value is -1.40. The smallest absolute Gasteiger partial charge is 0.384 e. The van der Waals surface area contributed by atoms with Crippen molar-refractivity contribution in [1.29, 1.82) is 0 Å². The molecule has 0 aromatic rings. The van der Waals surface area contributed by atoms with E-state index >= 15 is 8.78 Å². The standard InChI is InChI=1S/C11H18F2N5O13P3/c1-10(12)7(20)11(13,2-28-33(24,25)31-34(26,27)30-32(21,22)23)29-8(10)18-3-15-4-5(18)16-9(14)17-6(4)19/h3-5,7-8,20H,2H2,1H3,(H,24,25)(H,26,27)(H2,21,22,23)(H3,14,16,17,19)/t4?,5?,7-,8+,10+,11+/m0/s1. The van der Waals surface area contributed by atoms with Gasteiger partial charge in [0.1, 0.15) is 6.61 Å². The van der Waals surface area contributed by atoms with Gasteiger partial charge in [0.15, 0.2) is 36.2 Å². The van der Waals surface area contributed by atoms with E-state index in [4.69, 9.17) is 25.2 Å². The Morgan fingerprint density at radius 2 is 1.85 bits per heavy atom. The molecule has 4 unspecified atom stereocenters. The van der Waals surface area contributed by atoms with E-state index in [1.54, 1.807) is 0 Å². The second-order valence-corrected chi connectivity index (χ2v) is 11.7. The first-order valence-corrected chi connectivity index (χ1v) is 13.3. The summed E-state index contributed by atoms with van der Waals surface area (Å²) in [6.45, 7) is -1.11. The summed E-state index contributed by atoms with van der Waals surface area (Å²) >= 11 is 0. The number of aliphatic imine (C=N–C) groups is 2. The Bertz CT molecular complexity index is 1070. The molecule has 0 radical (unpaired) electrons. The number of ether oxygens (including phenoxy) is 1.